The molecule has 0 saturated heterocycles. The summed E-state index contributed by atoms with van der Waals surface area (Å²) in [6.45, 7) is 4.09. The van der Waals surface area contributed by atoms with Crippen molar-refractivity contribution in [2.24, 2.45) is 10.9 Å². The molecule has 4 heteroatoms. The van der Waals surface area contributed by atoms with Crippen molar-refractivity contribution in [3.8, 4) is 28.0 Å². The monoisotopic (exact) mass is 332 g/mol. The van der Waals surface area contributed by atoms with E-state index < -0.39 is 0 Å². The molecule has 25 heavy (non-hydrogen) atoms. The Morgan fingerprint density at radius 3 is 2.12 bits per heavy atom. The third-order valence-electron chi connectivity index (χ3n) is 4.23. The molecule has 126 valence electrons. The number of hydrogen-bond acceptors (Lipinski definition) is 3. The van der Waals surface area contributed by atoms with E-state index in [4.69, 9.17) is 10.9 Å². The number of aryl methyl sites for hydroxylation is 2. The third-order valence-corrected chi connectivity index (χ3v) is 4.23. The van der Waals surface area contributed by atoms with Crippen LogP contribution >= 0.6 is 0 Å². The highest BCUT2D eigenvalue weighted by molar-refractivity contribution is 6.01. The van der Waals surface area contributed by atoms with E-state index in [2.05, 4.69) is 54.5 Å². The largest absolute Gasteiger partial charge is 0.507 e. The van der Waals surface area contributed by atoms with Crippen molar-refractivity contribution in [3.63, 3.8) is 0 Å². The van der Waals surface area contributed by atoms with Gasteiger partial charge in [0, 0.05) is 0 Å². The maximum Gasteiger partial charge on any atom is 0.173 e. The van der Waals surface area contributed by atoms with Crippen LogP contribution in [-0.4, -0.2) is 16.1 Å². The Bertz CT molecular complexity index is 945. The van der Waals surface area contributed by atoms with E-state index in [-0.39, 0.29) is 11.6 Å². The lowest BCUT2D eigenvalue weighted by molar-refractivity contribution is 0.318. The maximum atomic E-state index is 9.98. The standard InChI is InChI=1S/C21H20N2O2/c1-13-3-6-15(7-4-13)17-9-5-14(2)11-18(17)16-8-10-20(24)19(12-16)21(22)23-25/h3-12,24-25H,1-2H3,(H2,22,23). The fourth-order valence-electron chi connectivity index (χ4n) is 2.84. The first-order valence-corrected chi connectivity index (χ1v) is 7.98. The molecule has 0 amide bonds. The molecule has 0 bridgehead atoms. The minimum Gasteiger partial charge on any atom is -0.507 e. The number of phenols is 1. The van der Waals surface area contributed by atoms with Gasteiger partial charge in [0.05, 0.1) is 5.56 Å². The van der Waals surface area contributed by atoms with E-state index >= 15 is 0 Å². The molecule has 4 N–H and O–H groups in total. The average molecular weight is 332 g/mol. The summed E-state index contributed by atoms with van der Waals surface area (Å²) in [7, 11) is 0. The van der Waals surface area contributed by atoms with Gasteiger partial charge in [0.2, 0.25) is 0 Å². The molecule has 0 unspecified atom stereocenters. The maximum absolute atomic E-state index is 9.98. The highest BCUT2D eigenvalue weighted by Gasteiger charge is 2.12. The first kappa shape index (κ1) is 16.6. The number of rotatable bonds is 3. The Labute approximate surface area is 146 Å². The second kappa shape index (κ2) is 6.69. The molecule has 0 aliphatic carbocycles. The van der Waals surface area contributed by atoms with Gasteiger partial charge in [-0.15, -0.1) is 0 Å². The lowest BCUT2D eigenvalue weighted by Crippen LogP contribution is -2.13. The summed E-state index contributed by atoms with van der Waals surface area (Å²) in [5, 5.41) is 21.9. The minimum absolute atomic E-state index is 0.0245. The predicted octanol–water partition coefficient (Wildman–Crippen LogP) is 4.44. The van der Waals surface area contributed by atoms with Crippen LogP contribution in [0.2, 0.25) is 0 Å². The van der Waals surface area contributed by atoms with Crippen LogP contribution in [0.4, 0.5) is 0 Å². The first-order chi connectivity index (χ1) is 12.0. The van der Waals surface area contributed by atoms with E-state index in [9.17, 15) is 5.11 Å². The molecule has 0 aliphatic rings. The van der Waals surface area contributed by atoms with Gasteiger partial charge < -0.3 is 16.0 Å². The fraction of sp³-hybridized carbons (Fsp3) is 0.0952. The van der Waals surface area contributed by atoms with Gasteiger partial charge >= 0.3 is 0 Å². The molecule has 0 radical (unpaired) electrons. The second-order valence-corrected chi connectivity index (χ2v) is 6.13. The second-order valence-electron chi connectivity index (χ2n) is 6.13. The number of nitrogens with zero attached hydrogens (tertiary/aromatic N) is 1. The van der Waals surface area contributed by atoms with Crippen molar-refractivity contribution in [2.45, 2.75) is 13.8 Å². The Balaban J connectivity index is 2.20. The zero-order valence-electron chi connectivity index (χ0n) is 14.2. The van der Waals surface area contributed by atoms with E-state index in [0.717, 1.165) is 27.8 Å². The van der Waals surface area contributed by atoms with Crippen molar-refractivity contribution >= 4 is 5.84 Å². The van der Waals surface area contributed by atoms with Crippen molar-refractivity contribution in [3.05, 3.63) is 77.4 Å². The molecule has 4 nitrogen and oxygen atoms in total. The highest BCUT2D eigenvalue weighted by Crippen LogP contribution is 2.35. The molecule has 0 heterocycles. The molecule has 0 fully saturated rings. The summed E-state index contributed by atoms with van der Waals surface area (Å²) in [6, 6.07) is 19.7. The van der Waals surface area contributed by atoms with Crippen LogP contribution in [0.3, 0.4) is 0 Å². The van der Waals surface area contributed by atoms with Crippen LogP contribution in [0.1, 0.15) is 16.7 Å². The molecule has 0 aliphatic heterocycles. The molecule has 0 atom stereocenters. The van der Waals surface area contributed by atoms with Gasteiger partial charge in [0.15, 0.2) is 5.84 Å². The van der Waals surface area contributed by atoms with Crippen molar-refractivity contribution in [1.82, 2.24) is 0 Å². The summed E-state index contributed by atoms with van der Waals surface area (Å²) in [4.78, 5) is 0. The van der Waals surface area contributed by atoms with E-state index in [1.54, 1.807) is 12.1 Å². The van der Waals surface area contributed by atoms with Crippen LogP contribution < -0.4 is 5.73 Å². The average Bonchev–Trinajstić information content (AvgIpc) is 2.62. The quantitative estimate of drug-likeness (QED) is 0.287. The molecular weight excluding hydrogens is 312 g/mol. The first-order valence-electron chi connectivity index (χ1n) is 7.98. The van der Waals surface area contributed by atoms with Gasteiger partial charge in [-0.05, 0) is 48.2 Å². The van der Waals surface area contributed by atoms with Gasteiger partial charge in [-0.1, -0.05) is 64.8 Å². The van der Waals surface area contributed by atoms with Crippen LogP contribution in [0, 0.1) is 13.8 Å². The summed E-state index contributed by atoms with van der Waals surface area (Å²) >= 11 is 0. The van der Waals surface area contributed by atoms with Gasteiger partial charge in [0.25, 0.3) is 0 Å². The lowest BCUT2D eigenvalue weighted by atomic mass is 9.91. The topological polar surface area (TPSA) is 78.8 Å². The van der Waals surface area contributed by atoms with Crippen molar-refractivity contribution in [2.75, 3.05) is 0 Å². The zero-order chi connectivity index (χ0) is 18.0. The Hall–Kier alpha value is -3.27. The third kappa shape index (κ3) is 3.33. The SMILES string of the molecule is Cc1ccc(-c2ccc(C)cc2-c2ccc(O)c(C(N)=NO)c2)cc1. The van der Waals surface area contributed by atoms with E-state index in [1.807, 2.05) is 13.0 Å². The minimum atomic E-state index is -0.121. The smallest absolute Gasteiger partial charge is 0.173 e. The van der Waals surface area contributed by atoms with Gasteiger partial charge in [0.1, 0.15) is 5.75 Å². The van der Waals surface area contributed by atoms with Crippen LogP contribution in [-0.2, 0) is 0 Å². The molecular formula is C21H20N2O2. The highest BCUT2D eigenvalue weighted by atomic mass is 16.4. The van der Waals surface area contributed by atoms with Gasteiger partial charge in [-0.25, -0.2) is 0 Å². The van der Waals surface area contributed by atoms with Crippen molar-refractivity contribution < 1.29 is 10.3 Å². The predicted molar refractivity (Wildman–Crippen MR) is 101 cm³/mol. The molecule has 0 spiro atoms. The fourth-order valence-corrected chi connectivity index (χ4v) is 2.84. The Kier molecular flexibility index (Phi) is 4.44. The summed E-state index contributed by atoms with van der Waals surface area (Å²) in [5.74, 6) is -0.146. The number of oxime groups is 1. The van der Waals surface area contributed by atoms with E-state index in [0.29, 0.717) is 5.56 Å². The lowest BCUT2D eigenvalue weighted by Gasteiger charge is -2.13. The number of aromatic hydroxyl groups is 1. The molecule has 3 rings (SSSR count). The number of benzene rings is 3. The molecule has 0 aromatic heterocycles. The Morgan fingerprint density at radius 1 is 0.800 bits per heavy atom. The van der Waals surface area contributed by atoms with Gasteiger partial charge in [-0.3, -0.25) is 0 Å². The van der Waals surface area contributed by atoms with Gasteiger partial charge in [-0.2, -0.15) is 0 Å². The molecule has 3 aromatic rings. The normalized spacial score (nSPS) is 11.5. The molecule has 0 saturated carbocycles. The number of amidine groups is 1. The summed E-state index contributed by atoms with van der Waals surface area (Å²) in [6.07, 6.45) is 0. The van der Waals surface area contributed by atoms with Crippen LogP contribution in [0.15, 0.2) is 65.8 Å². The van der Waals surface area contributed by atoms with Crippen LogP contribution in [0.5, 0.6) is 5.75 Å². The number of phenolic OH excluding ortho intramolecular Hbond substituents is 1. The Morgan fingerprint density at radius 2 is 1.44 bits per heavy atom. The number of hydrogen-bond donors (Lipinski definition) is 3. The zero-order valence-corrected chi connectivity index (χ0v) is 14.2. The summed E-state index contributed by atoms with van der Waals surface area (Å²) in [5.41, 5.74) is 12.4. The van der Waals surface area contributed by atoms with E-state index in [1.165, 1.54) is 5.56 Å². The summed E-state index contributed by atoms with van der Waals surface area (Å²) < 4.78 is 0. The van der Waals surface area contributed by atoms with Crippen molar-refractivity contribution in [1.29, 1.82) is 0 Å². The van der Waals surface area contributed by atoms with Crippen LogP contribution in [0.25, 0.3) is 22.3 Å². The molecule has 3 aromatic carbocycles. The number of nitrogens with two attached hydrogens (primary N) is 1.